The minimum atomic E-state index is -0.535. The van der Waals surface area contributed by atoms with E-state index in [1.807, 2.05) is 0 Å². The summed E-state index contributed by atoms with van der Waals surface area (Å²) in [6.45, 7) is -0.240. The number of amides is 2. The van der Waals surface area contributed by atoms with Crippen LogP contribution in [0.5, 0.6) is 0 Å². The first-order chi connectivity index (χ1) is 11.5. The molecule has 122 valence electrons. The van der Waals surface area contributed by atoms with E-state index in [-0.39, 0.29) is 12.2 Å². The van der Waals surface area contributed by atoms with Crippen molar-refractivity contribution in [3.05, 3.63) is 63.2 Å². The molecule has 3 aromatic rings. The number of hydrogen-bond acceptors (Lipinski definition) is 4. The number of aromatic amines is 1. The summed E-state index contributed by atoms with van der Waals surface area (Å²) in [6.07, 6.45) is 2.75. The molecule has 0 atom stereocenters. The van der Waals surface area contributed by atoms with E-state index < -0.39 is 17.4 Å². The third-order valence-corrected chi connectivity index (χ3v) is 3.72. The van der Waals surface area contributed by atoms with Crippen molar-refractivity contribution in [1.29, 1.82) is 0 Å². The van der Waals surface area contributed by atoms with Gasteiger partial charge in [-0.1, -0.05) is 12.1 Å². The van der Waals surface area contributed by atoms with E-state index in [4.69, 9.17) is 0 Å². The number of benzene rings is 1. The number of H-pyrrole nitrogens is 1. The second-order valence-corrected chi connectivity index (χ2v) is 5.82. The van der Waals surface area contributed by atoms with Crippen LogP contribution in [0.2, 0.25) is 0 Å². The third-order valence-electron chi connectivity index (χ3n) is 3.26. The van der Waals surface area contributed by atoms with Crippen LogP contribution in [-0.4, -0.2) is 26.3 Å². The molecule has 9 heteroatoms. The monoisotopic (exact) mass is 389 g/mol. The molecular formula is C15H12BrN5O3. The van der Waals surface area contributed by atoms with E-state index in [9.17, 15) is 14.4 Å². The highest BCUT2D eigenvalue weighted by Crippen LogP contribution is 2.10. The number of carbonyl (C=O) groups is 2. The van der Waals surface area contributed by atoms with Crippen molar-refractivity contribution in [3.8, 4) is 0 Å². The first-order valence-electron chi connectivity index (χ1n) is 6.92. The molecule has 3 N–H and O–H groups in total. The number of aromatic nitrogens is 3. The lowest BCUT2D eigenvalue weighted by Gasteiger charge is -2.10. The zero-order valence-corrected chi connectivity index (χ0v) is 13.8. The topological polar surface area (TPSA) is 109 Å². The molecule has 0 radical (unpaired) electrons. The molecule has 0 spiro atoms. The first kappa shape index (κ1) is 15.9. The van der Waals surface area contributed by atoms with Gasteiger partial charge in [-0.05, 0) is 34.1 Å². The summed E-state index contributed by atoms with van der Waals surface area (Å²) in [5.41, 5.74) is 5.58. The van der Waals surface area contributed by atoms with Gasteiger partial charge in [0, 0.05) is 10.7 Å². The number of hydrazine groups is 1. The van der Waals surface area contributed by atoms with Gasteiger partial charge in [0.2, 0.25) is 0 Å². The highest BCUT2D eigenvalue weighted by molar-refractivity contribution is 9.10. The van der Waals surface area contributed by atoms with Gasteiger partial charge in [0.1, 0.15) is 12.2 Å². The maximum Gasteiger partial charge on any atom is 0.286 e. The zero-order valence-electron chi connectivity index (χ0n) is 12.2. The van der Waals surface area contributed by atoms with Crippen molar-refractivity contribution >= 4 is 38.8 Å². The van der Waals surface area contributed by atoms with Gasteiger partial charge in [0.05, 0.1) is 17.2 Å². The average molecular weight is 390 g/mol. The molecule has 3 rings (SSSR count). The molecule has 2 aromatic heterocycles. The minimum Gasteiger partial charge on any atom is -0.356 e. The summed E-state index contributed by atoms with van der Waals surface area (Å²) in [6, 6.07) is 8.56. The molecule has 0 aliphatic carbocycles. The molecule has 2 amide bonds. The van der Waals surface area contributed by atoms with Gasteiger partial charge < -0.3 is 4.98 Å². The Hall–Kier alpha value is -2.94. The van der Waals surface area contributed by atoms with Gasteiger partial charge in [0.15, 0.2) is 0 Å². The summed E-state index contributed by atoms with van der Waals surface area (Å²) in [4.78, 5) is 42.6. The quantitative estimate of drug-likeness (QED) is 0.579. The Kier molecular flexibility index (Phi) is 4.43. The number of para-hydroxylation sites is 2. The first-order valence-corrected chi connectivity index (χ1v) is 7.71. The van der Waals surface area contributed by atoms with Crippen LogP contribution in [0.1, 0.15) is 10.5 Å². The Bertz CT molecular complexity index is 978. The van der Waals surface area contributed by atoms with Gasteiger partial charge in [0.25, 0.3) is 17.4 Å². The highest BCUT2D eigenvalue weighted by Gasteiger charge is 2.11. The van der Waals surface area contributed by atoms with Gasteiger partial charge in [-0.2, -0.15) is 0 Å². The van der Waals surface area contributed by atoms with E-state index in [0.29, 0.717) is 15.5 Å². The van der Waals surface area contributed by atoms with Gasteiger partial charge >= 0.3 is 0 Å². The van der Waals surface area contributed by atoms with E-state index in [1.54, 1.807) is 36.5 Å². The summed E-state index contributed by atoms with van der Waals surface area (Å²) in [5, 5.41) is 0. The lowest BCUT2D eigenvalue weighted by Crippen LogP contribution is -2.44. The van der Waals surface area contributed by atoms with Crippen LogP contribution in [0.3, 0.4) is 0 Å². The zero-order chi connectivity index (χ0) is 17.1. The Morgan fingerprint density at radius 1 is 1.25 bits per heavy atom. The van der Waals surface area contributed by atoms with Crippen molar-refractivity contribution in [2.75, 3.05) is 0 Å². The van der Waals surface area contributed by atoms with Crippen LogP contribution < -0.4 is 16.4 Å². The summed E-state index contributed by atoms with van der Waals surface area (Å²) in [5.74, 6) is -1.03. The Morgan fingerprint density at radius 3 is 2.79 bits per heavy atom. The molecule has 0 bridgehead atoms. The van der Waals surface area contributed by atoms with Crippen molar-refractivity contribution in [1.82, 2.24) is 25.4 Å². The highest BCUT2D eigenvalue weighted by atomic mass is 79.9. The summed E-state index contributed by atoms with van der Waals surface area (Å²) >= 11 is 3.21. The van der Waals surface area contributed by atoms with Crippen LogP contribution in [0.4, 0.5) is 0 Å². The smallest absolute Gasteiger partial charge is 0.286 e. The fraction of sp³-hybridized carbons (Fsp3) is 0.0667. The second kappa shape index (κ2) is 6.67. The predicted octanol–water partition coefficient (Wildman–Crippen LogP) is 0.948. The van der Waals surface area contributed by atoms with Crippen LogP contribution in [-0.2, 0) is 11.3 Å². The summed E-state index contributed by atoms with van der Waals surface area (Å²) in [7, 11) is 0. The van der Waals surface area contributed by atoms with E-state index >= 15 is 0 Å². The van der Waals surface area contributed by atoms with Crippen molar-refractivity contribution in [3.63, 3.8) is 0 Å². The van der Waals surface area contributed by atoms with Crippen LogP contribution >= 0.6 is 15.9 Å². The number of hydrogen-bond donors (Lipinski definition) is 3. The molecule has 2 heterocycles. The molecular weight excluding hydrogens is 378 g/mol. The Labute approximate surface area is 144 Å². The predicted molar refractivity (Wildman–Crippen MR) is 90.1 cm³/mol. The van der Waals surface area contributed by atoms with Crippen LogP contribution in [0, 0.1) is 0 Å². The molecule has 1 aromatic carbocycles. The number of fused-ring (bicyclic) bond motifs is 1. The largest absolute Gasteiger partial charge is 0.356 e. The molecule has 0 aliphatic heterocycles. The van der Waals surface area contributed by atoms with Crippen LogP contribution in [0.15, 0.2) is 52.0 Å². The van der Waals surface area contributed by atoms with Crippen LogP contribution in [0.25, 0.3) is 11.0 Å². The molecule has 0 saturated heterocycles. The maximum absolute atomic E-state index is 12.0. The maximum atomic E-state index is 12.0. The Balaban J connectivity index is 1.70. The van der Waals surface area contributed by atoms with Gasteiger partial charge in [-0.3, -0.25) is 29.8 Å². The summed E-state index contributed by atoms with van der Waals surface area (Å²) < 4.78 is 2.00. The minimum absolute atomic E-state index is 0.240. The lowest BCUT2D eigenvalue weighted by atomic mass is 10.3. The molecule has 0 fully saturated rings. The fourth-order valence-corrected chi connectivity index (χ4v) is 2.50. The SMILES string of the molecule is O=C(Cn1c(=O)cnc2ccccc21)NNC(=O)c1cc(Br)c[nH]1. The standard InChI is InChI=1S/C15H12BrN5O3/c16-9-5-11(17-6-9)15(24)20-19-13(22)8-21-12-4-2-1-3-10(12)18-7-14(21)23/h1-7,17H,8H2,(H,19,22)(H,20,24). The number of nitrogens with zero attached hydrogens (tertiary/aromatic N) is 2. The fourth-order valence-electron chi connectivity index (χ4n) is 2.15. The average Bonchev–Trinajstić information content (AvgIpc) is 3.02. The molecule has 0 unspecified atom stereocenters. The Morgan fingerprint density at radius 2 is 2.04 bits per heavy atom. The number of nitrogens with one attached hydrogen (secondary N) is 3. The van der Waals surface area contributed by atoms with E-state index in [1.165, 1.54) is 4.57 Å². The van der Waals surface area contributed by atoms with Crippen molar-refractivity contribution < 1.29 is 9.59 Å². The second-order valence-electron chi connectivity index (χ2n) is 4.91. The van der Waals surface area contributed by atoms with E-state index in [2.05, 4.69) is 36.7 Å². The normalized spacial score (nSPS) is 10.5. The molecule has 0 saturated carbocycles. The van der Waals surface area contributed by atoms with Gasteiger partial charge in [-0.25, -0.2) is 4.98 Å². The molecule has 8 nitrogen and oxygen atoms in total. The number of halogens is 1. The lowest BCUT2D eigenvalue weighted by molar-refractivity contribution is -0.122. The molecule has 24 heavy (non-hydrogen) atoms. The van der Waals surface area contributed by atoms with E-state index in [0.717, 1.165) is 6.20 Å². The third kappa shape index (κ3) is 3.35. The van der Waals surface area contributed by atoms with Gasteiger partial charge in [-0.15, -0.1) is 0 Å². The number of rotatable bonds is 3. The molecule has 0 aliphatic rings. The van der Waals surface area contributed by atoms with Crippen molar-refractivity contribution in [2.24, 2.45) is 0 Å². The van der Waals surface area contributed by atoms with Crippen molar-refractivity contribution in [2.45, 2.75) is 6.54 Å². The number of carbonyl (C=O) groups excluding carboxylic acids is 2.